The highest BCUT2D eigenvalue weighted by atomic mass is 16.5. The Bertz CT molecular complexity index is 571. The summed E-state index contributed by atoms with van der Waals surface area (Å²) in [6.07, 6.45) is -0.185. The third-order valence-corrected chi connectivity index (χ3v) is 4.15. The highest BCUT2D eigenvalue weighted by Gasteiger charge is 2.12. The number of benzene rings is 1. The summed E-state index contributed by atoms with van der Waals surface area (Å²) in [4.78, 5) is 27.8. The molecule has 0 aromatic heterocycles. The molecule has 0 bridgehead atoms. The molecule has 1 saturated heterocycles. The Morgan fingerprint density at radius 3 is 2.46 bits per heavy atom. The molecule has 0 unspecified atom stereocenters. The van der Waals surface area contributed by atoms with E-state index in [9.17, 15) is 9.59 Å². The molecule has 0 atom stereocenters. The van der Waals surface area contributed by atoms with Crippen LogP contribution in [0.25, 0.3) is 0 Å². The quantitative estimate of drug-likeness (QED) is 0.413. The van der Waals surface area contributed by atoms with Gasteiger partial charge in [0, 0.05) is 52.5 Å². The van der Waals surface area contributed by atoms with E-state index in [4.69, 9.17) is 4.74 Å². The first kappa shape index (κ1) is 20.2. The van der Waals surface area contributed by atoms with Gasteiger partial charge in [0.15, 0.2) is 0 Å². The van der Waals surface area contributed by atoms with Gasteiger partial charge in [-0.1, -0.05) is 12.1 Å². The predicted molar refractivity (Wildman–Crippen MR) is 101 cm³/mol. The van der Waals surface area contributed by atoms with Gasteiger partial charge in [-0.3, -0.25) is 19.9 Å². The molecule has 0 spiro atoms. The lowest BCUT2D eigenvalue weighted by molar-refractivity contribution is -0.129. The summed E-state index contributed by atoms with van der Waals surface area (Å²) in [5.41, 5.74) is 7.56. The Morgan fingerprint density at radius 1 is 1.12 bits per heavy atom. The first-order valence-electron chi connectivity index (χ1n) is 8.89. The molecule has 0 aliphatic carbocycles. The fraction of sp³-hybridized carbons (Fsp3) is 0.556. The van der Waals surface area contributed by atoms with Gasteiger partial charge in [-0.05, 0) is 17.7 Å². The van der Waals surface area contributed by atoms with Gasteiger partial charge in [0.25, 0.3) is 0 Å². The average molecular weight is 363 g/mol. The maximum Gasteiger partial charge on any atom is 0.243 e. The molecule has 2 rings (SSSR count). The van der Waals surface area contributed by atoms with E-state index in [-0.39, 0.29) is 18.2 Å². The molecule has 8 heteroatoms. The van der Waals surface area contributed by atoms with Crippen LogP contribution in [0, 0.1) is 0 Å². The van der Waals surface area contributed by atoms with E-state index in [1.54, 1.807) is 0 Å². The summed E-state index contributed by atoms with van der Waals surface area (Å²) in [6.45, 7) is 5.05. The number of rotatable bonds is 9. The minimum atomic E-state index is -0.348. The zero-order valence-corrected chi connectivity index (χ0v) is 15.6. The van der Waals surface area contributed by atoms with Gasteiger partial charge in [0.05, 0.1) is 13.2 Å². The average Bonchev–Trinajstić information content (AvgIpc) is 2.63. The minimum Gasteiger partial charge on any atom is -0.379 e. The van der Waals surface area contributed by atoms with Gasteiger partial charge in [0.2, 0.25) is 11.8 Å². The third-order valence-electron chi connectivity index (χ3n) is 4.15. The fourth-order valence-electron chi connectivity index (χ4n) is 2.59. The number of nitrogens with zero attached hydrogens (tertiary/aromatic N) is 2. The maximum absolute atomic E-state index is 11.8. The van der Waals surface area contributed by atoms with E-state index in [2.05, 4.69) is 21.1 Å². The van der Waals surface area contributed by atoms with Crippen LogP contribution >= 0.6 is 0 Å². The number of carbonyl (C=O) groups is 2. The number of ether oxygens (including phenoxy) is 1. The van der Waals surface area contributed by atoms with E-state index < -0.39 is 0 Å². The molecule has 8 nitrogen and oxygen atoms in total. The molecule has 3 N–H and O–H groups in total. The third kappa shape index (κ3) is 7.38. The van der Waals surface area contributed by atoms with Crippen LogP contribution in [0.1, 0.15) is 12.0 Å². The molecule has 0 saturated carbocycles. The van der Waals surface area contributed by atoms with Crippen LogP contribution in [0.2, 0.25) is 0 Å². The molecule has 0 radical (unpaired) electrons. The van der Waals surface area contributed by atoms with Crippen molar-refractivity contribution in [1.29, 1.82) is 0 Å². The number of hydrazine groups is 1. The van der Waals surface area contributed by atoms with Gasteiger partial charge >= 0.3 is 0 Å². The van der Waals surface area contributed by atoms with Crippen molar-refractivity contribution < 1.29 is 14.3 Å². The molecule has 1 fully saturated rings. The highest BCUT2D eigenvalue weighted by molar-refractivity contribution is 5.96. The van der Waals surface area contributed by atoms with Crippen molar-refractivity contribution in [3.05, 3.63) is 29.8 Å². The number of amides is 2. The van der Waals surface area contributed by atoms with Gasteiger partial charge in [-0.15, -0.1) is 0 Å². The second-order valence-corrected chi connectivity index (χ2v) is 6.44. The largest absolute Gasteiger partial charge is 0.379 e. The summed E-state index contributed by atoms with van der Waals surface area (Å²) in [5, 5.41) is 2.77. The zero-order valence-electron chi connectivity index (χ0n) is 15.6. The standard InChI is InChI=1S/C18H29N5O3/c1-22(2)16-5-3-15(4-6-16)14-20-21-18(25)13-17(24)19-7-8-23-9-11-26-12-10-23/h3-6,20H,7-14H2,1-2H3,(H,19,24)(H,21,25). The summed E-state index contributed by atoms with van der Waals surface area (Å²) in [6, 6.07) is 8.02. The number of carbonyl (C=O) groups excluding carboxylic acids is 2. The molecule has 144 valence electrons. The highest BCUT2D eigenvalue weighted by Crippen LogP contribution is 2.11. The molecule has 1 aromatic carbocycles. The van der Waals surface area contributed by atoms with Crippen LogP contribution in [-0.2, 0) is 20.9 Å². The molecule has 1 heterocycles. The topological polar surface area (TPSA) is 85.9 Å². The first-order valence-corrected chi connectivity index (χ1v) is 8.89. The van der Waals surface area contributed by atoms with Gasteiger partial charge in [-0.2, -0.15) is 0 Å². The van der Waals surface area contributed by atoms with E-state index in [1.807, 2.05) is 43.3 Å². The Morgan fingerprint density at radius 2 is 1.81 bits per heavy atom. The molecule has 1 aliphatic heterocycles. The van der Waals surface area contributed by atoms with Gasteiger partial charge in [0.1, 0.15) is 6.42 Å². The molecule has 1 aromatic rings. The number of nitrogens with one attached hydrogen (secondary N) is 3. The Balaban J connectivity index is 1.56. The second-order valence-electron chi connectivity index (χ2n) is 6.44. The van der Waals surface area contributed by atoms with Crippen molar-refractivity contribution in [3.8, 4) is 0 Å². The number of hydrogen-bond acceptors (Lipinski definition) is 6. The van der Waals surface area contributed by atoms with Crippen molar-refractivity contribution in [2.75, 3.05) is 58.4 Å². The molecular weight excluding hydrogens is 334 g/mol. The van der Waals surface area contributed by atoms with E-state index >= 15 is 0 Å². The van der Waals surface area contributed by atoms with Gasteiger partial charge in [-0.25, -0.2) is 5.43 Å². The van der Waals surface area contributed by atoms with Crippen molar-refractivity contribution in [1.82, 2.24) is 21.1 Å². The first-order chi connectivity index (χ1) is 12.5. The second kappa shape index (κ2) is 10.7. The number of anilines is 1. The van der Waals surface area contributed by atoms with E-state index in [0.29, 0.717) is 13.1 Å². The van der Waals surface area contributed by atoms with Crippen molar-refractivity contribution in [3.63, 3.8) is 0 Å². The van der Waals surface area contributed by atoms with Crippen molar-refractivity contribution in [2.45, 2.75) is 13.0 Å². The van der Waals surface area contributed by atoms with Crippen LogP contribution in [0.3, 0.4) is 0 Å². The molecule has 2 amide bonds. The van der Waals surface area contributed by atoms with E-state index in [0.717, 1.165) is 44.1 Å². The Kier molecular flexibility index (Phi) is 8.33. The fourth-order valence-corrected chi connectivity index (χ4v) is 2.59. The van der Waals surface area contributed by atoms with Crippen molar-refractivity contribution in [2.24, 2.45) is 0 Å². The normalized spacial score (nSPS) is 14.7. The summed E-state index contributed by atoms with van der Waals surface area (Å²) >= 11 is 0. The lowest BCUT2D eigenvalue weighted by atomic mass is 10.2. The lowest BCUT2D eigenvalue weighted by Gasteiger charge is -2.26. The number of morpholine rings is 1. The van der Waals surface area contributed by atoms with Crippen LogP contribution in [0.5, 0.6) is 0 Å². The van der Waals surface area contributed by atoms with Crippen molar-refractivity contribution >= 4 is 17.5 Å². The molecular formula is C18H29N5O3. The van der Waals surface area contributed by atoms with Gasteiger partial charge < -0.3 is 15.0 Å². The van der Waals surface area contributed by atoms with Crippen LogP contribution < -0.4 is 21.1 Å². The SMILES string of the molecule is CN(C)c1ccc(CNNC(=O)CC(=O)NCCN2CCOCC2)cc1. The van der Waals surface area contributed by atoms with E-state index in [1.165, 1.54) is 0 Å². The lowest BCUT2D eigenvalue weighted by Crippen LogP contribution is -2.43. The van der Waals surface area contributed by atoms with Crippen LogP contribution in [0.15, 0.2) is 24.3 Å². The van der Waals surface area contributed by atoms with Crippen LogP contribution in [-0.4, -0.2) is 70.2 Å². The number of hydrogen-bond donors (Lipinski definition) is 3. The monoisotopic (exact) mass is 363 g/mol. The summed E-state index contributed by atoms with van der Waals surface area (Å²) < 4.78 is 5.27. The minimum absolute atomic E-state index is 0.185. The molecule has 1 aliphatic rings. The summed E-state index contributed by atoms with van der Waals surface area (Å²) in [7, 11) is 3.97. The summed E-state index contributed by atoms with van der Waals surface area (Å²) in [5.74, 6) is -0.619. The zero-order chi connectivity index (χ0) is 18.8. The predicted octanol–water partition coefficient (Wildman–Crippen LogP) is -0.288. The Hall–Kier alpha value is -2.16. The van der Waals surface area contributed by atoms with Crippen LogP contribution in [0.4, 0.5) is 5.69 Å². The smallest absolute Gasteiger partial charge is 0.243 e. The molecule has 26 heavy (non-hydrogen) atoms. The maximum atomic E-state index is 11.8. The Labute approximate surface area is 154 Å².